The maximum absolute atomic E-state index is 11.5. The summed E-state index contributed by atoms with van der Waals surface area (Å²) >= 11 is 0. The highest BCUT2D eigenvalue weighted by Gasteiger charge is 2.35. The molecule has 2 amide bonds. The number of nitrogens with one attached hydrogen (secondary N) is 3. The summed E-state index contributed by atoms with van der Waals surface area (Å²) in [5.74, 6) is -0.436. The van der Waals surface area contributed by atoms with Crippen molar-refractivity contribution >= 4 is 11.8 Å². The molecular weight excluding hydrogens is 206 g/mol. The molecule has 0 aliphatic carbocycles. The third-order valence-electron chi connectivity index (χ3n) is 2.48. The molecule has 2 rings (SSSR count). The van der Waals surface area contributed by atoms with E-state index in [9.17, 15) is 9.59 Å². The summed E-state index contributed by atoms with van der Waals surface area (Å²) in [6.07, 6.45) is 0. The molecule has 1 aromatic rings. The van der Waals surface area contributed by atoms with E-state index in [1.54, 1.807) is 0 Å². The quantitative estimate of drug-likeness (QED) is 0.648. The lowest BCUT2D eigenvalue weighted by atomic mass is 10.0. The summed E-state index contributed by atoms with van der Waals surface area (Å²) in [7, 11) is 0. The molecule has 1 fully saturated rings. The van der Waals surface area contributed by atoms with Crippen molar-refractivity contribution in [2.45, 2.75) is 19.0 Å². The van der Waals surface area contributed by atoms with Crippen molar-refractivity contribution in [2.75, 3.05) is 0 Å². The number of hydrazine groups is 1. The van der Waals surface area contributed by atoms with Crippen LogP contribution in [-0.4, -0.2) is 17.9 Å². The van der Waals surface area contributed by atoms with Crippen molar-refractivity contribution in [1.29, 1.82) is 0 Å². The van der Waals surface area contributed by atoms with Crippen molar-refractivity contribution in [1.82, 2.24) is 16.2 Å². The minimum Gasteiger partial charge on any atom is -0.343 e. The second-order valence-corrected chi connectivity index (χ2v) is 3.70. The van der Waals surface area contributed by atoms with E-state index in [0.29, 0.717) is 0 Å². The van der Waals surface area contributed by atoms with Crippen LogP contribution in [0.1, 0.15) is 18.5 Å². The summed E-state index contributed by atoms with van der Waals surface area (Å²) in [6.45, 7) is 1.40. The van der Waals surface area contributed by atoms with E-state index in [2.05, 4.69) is 16.2 Å². The molecule has 2 atom stereocenters. The highest BCUT2D eigenvalue weighted by Crippen LogP contribution is 2.19. The molecule has 5 heteroatoms. The van der Waals surface area contributed by atoms with Crippen LogP contribution >= 0.6 is 0 Å². The van der Waals surface area contributed by atoms with E-state index in [1.165, 1.54) is 6.92 Å². The van der Waals surface area contributed by atoms with Crippen LogP contribution in [0.15, 0.2) is 30.3 Å². The molecule has 1 heterocycles. The average Bonchev–Trinajstić information content (AvgIpc) is 2.61. The monoisotopic (exact) mass is 219 g/mol. The van der Waals surface area contributed by atoms with Gasteiger partial charge in [0, 0.05) is 6.92 Å². The molecule has 84 valence electrons. The third kappa shape index (κ3) is 2.04. The van der Waals surface area contributed by atoms with Crippen LogP contribution < -0.4 is 16.2 Å². The van der Waals surface area contributed by atoms with Gasteiger partial charge in [0.15, 0.2) is 0 Å². The van der Waals surface area contributed by atoms with Gasteiger partial charge in [-0.05, 0) is 5.56 Å². The summed E-state index contributed by atoms with van der Waals surface area (Å²) in [5, 5.41) is 2.63. The zero-order valence-electron chi connectivity index (χ0n) is 8.86. The number of carbonyl (C=O) groups is 2. The minimum atomic E-state index is -0.556. The van der Waals surface area contributed by atoms with Crippen molar-refractivity contribution in [3.63, 3.8) is 0 Å². The normalized spacial score (nSPS) is 23.9. The Bertz CT molecular complexity index is 405. The molecule has 1 aromatic carbocycles. The average molecular weight is 219 g/mol. The lowest BCUT2D eigenvalue weighted by Crippen LogP contribution is -2.41. The van der Waals surface area contributed by atoms with Gasteiger partial charge in [0.05, 0.1) is 6.04 Å². The van der Waals surface area contributed by atoms with Crippen LogP contribution in [0.3, 0.4) is 0 Å². The molecule has 0 radical (unpaired) electrons. The molecule has 1 saturated heterocycles. The van der Waals surface area contributed by atoms with Crippen LogP contribution in [-0.2, 0) is 9.59 Å². The van der Waals surface area contributed by atoms with Gasteiger partial charge in [-0.2, -0.15) is 0 Å². The summed E-state index contributed by atoms with van der Waals surface area (Å²) < 4.78 is 0. The van der Waals surface area contributed by atoms with Crippen LogP contribution in [0, 0.1) is 0 Å². The van der Waals surface area contributed by atoms with E-state index in [0.717, 1.165) is 5.56 Å². The molecule has 0 saturated carbocycles. The Balaban J connectivity index is 2.21. The van der Waals surface area contributed by atoms with Crippen molar-refractivity contribution in [2.24, 2.45) is 0 Å². The number of hydrogen-bond donors (Lipinski definition) is 3. The van der Waals surface area contributed by atoms with Gasteiger partial charge in [0.2, 0.25) is 5.91 Å². The highest BCUT2D eigenvalue weighted by molar-refractivity contribution is 5.89. The Morgan fingerprint density at radius 3 is 2.62 bits per heavy atom. The molecule has 1 aliphatic rings. The number of hydrogen-bond acceptors (Lipinski definition) is 3. The second kappa shape index (κ2) is 4.32. The third-order valence-corrected chi connectivity index (χ3v) is 2.48. The maximum atomic E-state index is 11.5. The standard InChI is InChI=1S/C11H13N3O2/c1-7(15)12-10-9(13-14-11(10)16)8-5-3-2-4-6-8/h2-6,9-10,13H,1H3,(H,12,15)(H,14,16)/t9-,10+/m0/s1. The van der Waals surface area contributed by atoms with E-state index >= 15 is 0 Å². The second-order valence-electron chi connectivity index (χ2n) is 3.70. The zero-order chi connectivity index (χ0) is 11.5. The van der Waals surface area contributed by atoms with Crippen molar-refractivity contribution in [3.8, 4) is 0 Å². The van der Waals surface area contributed by atoms with Crippen LogP contribution in [0.5, 0.6) is 0 Å². The fourth-order valence-electron chi connectivity index (χ4n) is 1.77. The molecule has 0 aromatic heterocycles. The Hall–Kier alpha value is -1.88. The first-order valence-corrected chi connectivity index (χ1v) is 5.06. The van der Waals surface area contributed by atoms with Crippen LogP contribution in [0.25, 0.3) is 0 Å². The van der Waals surface area contributed by atoms with Gasteiger partial charge < -0.3 is 5.32 Å². The fourth-order valence-corrected chi connectivity index (χ4v) is 1.77. The largest absolute Gasteiger partial charge is 0.343 e. The summed E-state index contributed by atoms with van der Waals surface area (Å²) in [6, 6.07) is 8.73. The van der Waals surface area contributed by atoms with E-state index in [-0.39, 0.29) is 17.9 Å². The first kappa shape index (κ1) is 10.6. The molecule has 3 N–H and O–H groups in total. The number of carbonyl (C=O) groups excluding carboxylic acids is 2. The first-order valence-electron chi connectivity index (χ1n) is 5.06. The Labute approximate surface area is 93.2 Å². The van der Waals surface area contributed by atoms with Crippen LogP contribution in [0.4, 0.5) is 0 Å². The molecule has 0 spiro atoms. The van der Waals surface area contributed by atoms with Gasteiger partial charge >= 0.3 is 0 Å². The van der Waals surface area contributed by atoms with Crippen LogP contribution in [0.2, 0.25) is 0 Å². The lowest BCUT2D eigenvalue weighted by molar-refractivity contribution is -0.126. The lowest BCUT2D eigenvalue weighted by Gasteiger charge is -2.17. The smallest absolute Gasteiger partial charge is 0.258 e. The van der Waals surface area contributed by atoms with Gasteiger partial charge in [-0.1, -0.05) is 30.3 Å². The van der Waals surface area contributed by atoms with E-state index in [4.69, 9.17) is 0 Å². The van der Waals surface area contributed by atoms with Crippen molar-refractivity contribution in [3.05, 3.63) is 35.9 Å². The zero-order valence-corrected chi connectivity index (χ0v) is 8.86. The predicted octanol–water partition coefficient (Wildman–Crippen LogP) is -0.133. The first-order chi connectivity index (χ1) is 7.68. The molecule has 0 bridgehead atoms. The Kier molecular flexibility index (Phi) is 2.87. The maximum Gasteiger partial charge on any atom is 0.258 e. The summed E-state index contributed by atoms with van der Waals surface area (Å²) in [5.41, 5.74) is 6.34. The fraction of sp³-hybridized carbons (Fsp3) is 0.273. The Morgan fingerprint density at radius 1 is 1.31 bits per heavy atom. The van der Waals surface area contributed by atoms with Crippen molar-refractivity contribution < 1.29 is 9.59 Å². The van der Waals surface area contributed by atoms with Gasteiger partial charge in [-0.25, -0.2) is 5.43 Å². The SMILES string of the molecule is CC(=O)N[C@H]1C(=O)NN[C@H]1c1ccccc1. The van der Waals surface area contributed by atoms with E-state index in [1.807, 2.05) is 30.3 Å². The number of amides is 2. The molecular formula is C11H13N3O2. The topological polar surface area (TPSA) is 70.2 Å². The molecule has 1 aliphatic heterocycles. The minimum absolute atomic E-state index is 0.218. The number of benzene rings is 1. The summed E-state index contributed by atoms with van der Waals surface area (Å²) in [4.78, 5) is 22.5. The highest BCUT2D eigenvalue weighted by atomic mass is 16.2. The van der Waals surface area contributed by atoms with E-state index < -0.39 is 6.04 Å². The predicted molar refractivity (Wildman–Crippen MR) is 58.1 cm³/mol. The molecule has 5 nitrogen and oxygen atoms in total. The van der Waals surface area contributed by atoms with Gasteiger partial charge in [0.1, 0.15) is 6.04 Å². The van der Waals surface area contributed by atoms with Gasteiger partial charge in [-0.15, -0.1) is 0 Å². The Morgan fingerprint density at radius 2 is 2.00 bits per heavy atom. The molecule has 16 heavy (non-hydrogen) atoms. The number of rotatable bonds is 2. The van der Waals surface area contributed by atoms with Gasteiger partial charge in [0.25, 0.3) is 5.91 Å². The molecule has 0 unspecified atom stereocenters. The van der Waals surface area contributed by atoms with Gasteiger partial charge in [-0.3, -0.25) is 15.0 Å².